The molecule has 0 radical (unpaired) electrons. The monoisotopic (exact) mass is 482 g/mol. The molecule has 0 aromatic heterocycles. The van der Waals surface area contributed by atoms with Gasteiger partial charge in [0, 0.05) is 5.75 Å². The molecule has 0 aliphatic heterocycles. The number of aliphatic hydroxyl groups excluding tert-OH is 1. The molecule has 0 amide bonds. The summed E-state index contributed by atoms with van der Waals surface area (Å²) in [5.74, 6) is 0.946. The van der Waals surface area contributed by atoms with E-state index in [9.17, 15) is 0 Å². The van der Waals surface area contributed by atoms with E-state index in [0.29, 0.717) is 85.9 Å². The largest absolute Gasteiger partial charge is 0.394 e. The lowest BCUT2D eigenvalue weighted by Crippen LogP contribution is -2.14. The minimum Gasteiger partial charge on any atom is -0.394 e. The van der Waals surface area contributed by atoms with E-state index in [1.165, 1.54) is 9.83 Å². The molecule has 170 valence electrons. The fourth-order valence-corrected chi connectivity index (χ4v) is 4.63. The highest BCUT2D eigenvalue weighted by Crippen LogP contribution is 2.36. The molecule has 12 heteroatoms. The van der Waals surface area contributed by atoms with Crippen LogP contribution in [0.1, 0.15) is 0 Å². The van der Waals surface area contributed by atoms with Gasteiger partial charge in [-0.05, 0) is 19.7 Å². The molecular weight excluding hydrogens is 448 g/mol. The SMILES string of the molecule is OCCOCCOCCOCCOCCOCCOCCOCCSSSS. The van der Waals surface area contributed by atoms with Gasteiger partial charge in [0.15, 0.2) is 0 Å². The fourth-order valence-electron chi connectivity index (χ4n) is 1.63. The van der Waals surface area contributed by atoms with E-state index in [4.69, 9.17) is 38.3 Å². The predicted molar refractivity (Wildman–Crippen MR) is 119 cm³/mol. The number of thiol groups is 1. The van der Waals surface area contributed by atoms with Crippen LogP contribution in [0.3, 0.4) is 0 Å². The fraction of sp³-hybridized carbons (Fsp3) is 1.00. The Morgan fingerprint density at radius 2 is 0.821 bits per heavy atom. The lowest BCUT2D eigenvalue weighted by Gasteiger charge is -2.08. The second-order valence-electron chi connectivity index (χ2n) is 4.97. The molecule has 1 N–H and O–H groups in total. The van der Waals surface area contributed by atoms with Crippen molar-refractivity contribution in [2.24, 2.45) is 0 Å². The zero-order valence-electron chi connectivity index (χ0n) is 16.3. The van der Waals surface area contributed by atoms with Crippen LogP contribution >= 0.6 is 42.1 Å². The third kappa shape index (κ3) is 27.1. The van der Waals surface area contributed by atoms with Crippen molar-refractivity contribution in [1.82, 2.24) is 0 Å². The van der Waals surface area contributed by atoms with Crippen molar-refractivity contribution in [3.8, 4) is 0 Å². The smallest absolute Gasteiger partial charge is 0.0701 e. The average molecular weight is 483 g/mol. The Kier molecular flexibility index (Phi) is 29.2. The first-order valence-electron chi connectivity index (χ1n) is 9.16. The zero-order valence-corrected chi connectivity index (χ0v) is 19.6. The molecule has 0 heterocycles. The van der Waals surface area contributed by atoms with Crippen LogP contribution in [0.2, 0.25) is 0 Å². The van der Waals surface area contributed by atoms with Gasteiger partial charge in [-0.15, -0.1) is 0 Å². The van der Waals surface area contributed by atoms with Crippen molar-refractivity contribution in [3.05, 3.63) is 0 Å². The standard InChI is InChI=1S/C16H34O8S4/c17-1-2-18-3-4-19-5-6-20-7-8-21-9-10-22-11-12-23-13-14-24-15-16-26-28-27-25/h17,25H,1-16H2. The average Bonchev–Trinajstić information content (AvgIpc) is 2.71. The summed E-state index contributed by atoms with van der Waals surface area (Å²) >= 11 is 4.03. The molecule has 0 bridgehead atoms. The van der Waals surface area contributed by atoms with Gasteiger partial charge >= 0.3 is 0 Å². The van der Waals surface area contributed by atoms with Gasteiger partial charge in [-0.3, -0.25) is 0 Å². The van der Waals surface area contributed by atoms with E-state index < -0.39 is 0 Å². The van der Waals surface area contributed by atoms with Crippen molar-refractivity contribution in [3.63, 3.8) is 0 Å². The van der Waals surface area contributed by atoms with E-state index >= 15 is 0 Å². The van der Waals surface area contributed by atoms with Gasteiger partial charge in [0.25, 0.3) is 0 Å². The topological polar surface area (TPSA) is 84.8 Å². The maximum Gasteiger partial charge on any atom is 0.0701 e. The number of aliphatic hydroxyl groups is 1. The van der Waals surface area contributed by atoms with Crippen LogP contribution in [0, 0.1) is 0 Å². The molecule has 0 aromatic carbocycles. The van der Waals surface area contributed by atoms with Crippen molar-refractivity contribution in [2.75, 3.05) is 105 Å². The lowest BCUT2D eigenvalue weighted by atomic mass is 10.6. The van der Waals surface area contributed by atoms with Gasteiger partial charge in [0.2, 0.25) is 0 Å². The van der Waals surface area contributed by atoms with Crippen molar-refractivity contribution < 1.29 is 38.3 Å². The van der Waals surface area contributed by atoms with E-state index in [2.05, 4.69) is 11.7 Å². The van der Waals surface area contributed by atoms with Crippen LogP contribution in [0.4, 0.5) is 0 Å². The molecule has 0 rings (SSSR count). The Labute approximate surface area is 185 Å². The van der Waals surface area contributed by atoms with Gasteiger partial charge in [0.05, 0.1) is 99.1 Å². The summed E-state index contributed by atoms with van der Waals surface area (Å²) in [5, 5.41) is 8.53. The van der Waals surface area contributed by atoms with Crippen LogP contribution in [0.5, 0.6) is 0 Å². The number of ether oxygens (including phenoxy) is 7. The van der Waals surface area contributed by atoms with Crippen LogP contribution in [-0.2, 0) is 33.2 Å². The second kappa shape index (κ2) is 28.1. The molecule has 0 unspecified atom stereocenters. The van der Waals surface area contributed by atoms with E-state index in [-0.39, 0.29) is 6.61 Å². The second-order valence-corrected chi connectivity index (χ2v) is 10.0. The molecule has 28 heavy (non-hydrogen) atoms. The Morgan fingerprint density at radius 3 is 1.14 bits per heavy atom. The Hall–Kier alpha value is 1.08. The minimum atomic E-state index is 0.0351. The van der Waals surface area contributed by atoms with Crippen molar-refractivity contribution >= 4 is 42.1 Å². The molecule has 0 atom stereocenters. The van der Waals surface area contributed by atoms with Crippen molar-refractivity contribution in [1.29, 1.82) is 0 Å². The van der Waals surface area contributed by atoms with E-state index in [1.807, 2.05) is 0 Å². The Morgan fingerprint density at radius 1 is 0.500 bits per heavy atom. The number of rotatable bonds is 25. The summed E-state index contributed by atoms with van der Waals surface area (Å²) in [4.78, 5) is 0. The number of hydrogen-bond donors (Lipinski definition) is 2. The molecule has 0 saturated heterocycles. The summed E-state index contributed by atoms with van der Waals surface area (Å²) in [5.41, 5.74) is 0. The summed E-state index contributed by atoms with van der Waals surface area (Å²) in [7, 11) is 4.81. The quantitative estimate of drug-likeness (QED) is 0.114. The molecule has 0 aliphatic carbocycles. The third-order valence-electron chi connectivity index (χ3n) is 2.86. The van der Waals surface area contributed by atoms with Gasteiger partial charge in [-0.25, -0.2) is 0 Å². The Balaban J connectivity index is 2.96. The molecule has 0 aliphatic rings. The van der Waals surface area contributed by atoms with Crippen molar-refractivity contribution in [2.45, 2.75) is 0 Å². The van der Waals surface area contributed by atoms with Crippen LogP contribution in [-0.4, -0.2) is 110 Å². The summed E-state index contributed by atoms with van der Waals surface area (Å²) < 4.78 is 37.4. The molecule has 0 saturated carbocycles. The van der Waals surface area contributed by atoms with Gasteiger partial charge in [-0.1, -0.05) is 22.5 Å². The molecule has 0 spiro atoms. The predicted octanol–water partition coefficient (Wildman–Crippen LogP) is 1.97. The zero-order chi connectivity index (χ0) is 20.4. The van der Waals surface area contributed by atoms with Crippen LogP contribution in [0.15, 0.2) is 0 Å². The highest BCUT2D eigenvalue weighted by molar-refractivity contribution is 9.23. The summed E-state index contributed by atoms with van der Waals surface area (Å²) in [6.07, 6.45) is 0. The van der Waals surface area contributed by atoms with Gasteiger partial charge in [-0.2, -0.15) is 0 Å². The van der Waals surface area contributed by atoms with E-state index in [0.717, 1.165) is 12.4 Å². The summed E-state index contributed by atoms with van der Waals surface area (Å²) in [6.45, 7) is 7.53. The molecule has 0 aromatic rings. The molecule has 8 nitrogen and oxygen atoms in total. The Bertz CT molecular complexity index is 257. The van der Waals surface area contributed by atoms with Gasteiger partial charge in [0.1, 0.15) is 0 Å². The minimum absolute atomic E-state index is 0.0351. The molecular formula is C16H34O8S4. The maximum absolute atomic E-state index is 8.53. The van der Waals surface area contributed by atoms with E-state index in [1.54, 1.807) is 20.6 Å². The molecule has 0 fully saturated rings. The normalized spacial score (nSPS) is 11.4. The highest BCUT2D eigenvalue weighted by Gasteiger charge is 1.95. The van der Waals surface area contributed by atoms with Crippen LogP contribution < -0.4 is 0 Å². The lowest BCUT2D eigenvalue weighted by molar-refractivity contribution is -0.0211. The summed E-state index contributed by atoms with van der Waals surface area (Å²) in [6, 6.07) is 0. The van der Waals surface area contributed by atoms with Crippen LogP contribution in [0.25, 0.3) is 0 Å². The maximum atomic E-state index is 8.53. The third-order valence-corrected chi connectivity index (χ3v) is 7.38. The highest BCUT2D eigenvalue weighted by atomic mass is 33.7. The van der Waals surface area contributed by atoms with Gasteiger partial charge < -0.3 is 38.3 Å². The first kappa shape index (κ1) is 29.1. The number of hydrogen-bond acceptors (Lipinski definition) is 12. The first-order chi connectivity index (χ1) is 13.9. The first-order valence-corrected chi connectivity index (χ1v) is 13.9.